The van der Waals surface area contributed by atoms with Gasteiger partial charge in [0.25, 0.3) is 0 Å². The van der Waals surface area contributed by atoms with E-state index < -0.39 is 0 Å². The maximum atomic E-state index is 9.75. The summed E-state index contributed by atoms with van der Waals surface area (Å²) in [6.45, 7) is 3.43. The van der Waals surface area contributed by atoms with Crippen LogP contribution in [0.3, 0.4) is 0 Å². The van der Waals surface area contributed by atoms with Crippen LogP contribution in [0.1, 0.15) is 24.0 Å². The fraction of sp³-hybridized carbons (Fsp3) is 0.269. The zero-order chi connectivity index (χ0) is 23.7. The van der Waals surface area contributed by atoms with Crippen molar-refractivity contribution < 1.29 is 9.84 Å². The first-order chi connectivity index (χ1) is 16.5. The molecule has 34 heavy (non-hydrogen) atoms. The molecule has 2 aromatic carbocycles. The van der Waals surface area contributed by atoms with E-state index in [1.54, 1.807) is 13.3 Å². The Hall–Kier alpha value is -3.91. The maximum Gasteiger partial charge on any atom is 0.180 e. The summed E-state index contributed by atoms with van der Waals surface area (Å²) in [5.41, 5.74) is 5.53. The molecule has 4 aromatic rings. The lowest BCUT2D eigenvalue weighted by molar-refractivity contribution is 0.109. The molecule has 5 rings (SSSR count). The van der Waals surface area contributed by atoms with Gasteiger partial charge in [-0.25, -0.2) is 9.97 Å². The molecular formula is C26H28N6O2. The Kier molecular flexibility index (Phi) is 5.90. The quantitative estimate of drug-likeness (QED) is 0.307. The number of imidazole rings is 1. The summed E-state index contributed by atoms with van der Waals surface area (Å²) in [4.78, 5) is 11.2. The molecule has 174 valence electrons. The standard InChI is InChI=1S/C26H28N6O2/c1-17-15-19(5-8-22(17)24(27)31-12-9-20(33)10-13-31)30-25-26-29-16-23(32(26)14-11-28-25)18-3-6-21(34-2)7-4-18/h3-8,11,14-16,20,27,33H,9-10,12-13H2,1-2H3,(H,28,30). The number of aromatic nitrogens is 3. The van der Waals surface area contributed by atoms with Crippen LogP contribution >= 0.6 is 0 Å². The van der Waals surface area contributed by atoms with Gasteiger partial charge in [0.15, 0.2) is 11.5 Å². The van der Waals surface area contributed by atoms with Crippen LogP contribution in [0.25, 0.3) is 16.9 Å². The van der Waals surface area contributed by atoms with Gasteiger partial charge < -0.3 is 20.1 Å². The fourth-order valence-corrected chi connectivity index (χ4v) is 4.39. The molecule has 3 N–H and O–H groups in total. The molecule has 0 atom stereocenters. The molecule has 1 saturated heterocycles. The van der Waals surface area contributed by atoms with Gasteiger partial charge >= 0.3 is 0 Å². The number of nitrogens with one attached hydrogen (secondary N) is 2. The number of benzene rings is 2. The SMILES string of the molecule is COc1ccc(-c2cnc3c(Nc4ccc(C(=N)N5CCC(O)CC5)c(C)c4)nccn23)cc1. The second kappa shape index (κ2) is 9.15. The number of methoxy groups -OCH3 is 1. The summed E-state index contributed by atoms with van der Waals surface area (Å²) in [7, 11) is 1.66. The molecule has 0 aliphatic carbocycles. The number of aliphatic hydroxyl groups is 1. The van der Waals surface area contributed by atoms with Crippen LogP contribution in [-0.4, -0.2) is 56.5 Å². The highest BCUT2D eigenvalue weighted by Crippen LogP contribution is 2.27. The maximum absolute atomic E-state index is 9.75. The molecule has 0 spiro atoms. The first-order valence-electron chi connectivity index (χ1n) is 11.4. The molecule has 8 nitrogen and oxygen atoms in total. The van der Waals surface area contributed by atoms with E-state index in [1.165, 1.54) is 0 Å². The van der Waals surface area contributed by atoms with Crippen molar-refractivity contribution in [3.05, 3.63) is 72.2 Å². The molecule has 3 heterocycles. The summed E-state index contributed by atoms with van der Waals surface area (Å²) in [5, 5.41) is 21.8. The Morgan fingerprint density at radius 1 is 1.12 bits per heavy atom. The van der Waals surface area contributed by atoms with Crippen LogP contribution in [0.4, 0.5) is 11.5 Å². The number of hydrogen-bond donors (Lipinski definition) is 3. The van der Waals surface area contributed by atoms with E-state index in [2.05, 4.69) is 15.3 Å². The third-order valence-electron chi connectivity index (χ3n) is 6.34. The minimum absolute atomic E-state index is 0.250. The number of likely N-dealkylation sites (tertiary alicyclic amines) is 1. The lowest BCUT2D eigenvalue weighted by atomic mass is 10.0. The summed E-state index contributed by atoms with van der Waals surface area (Å²) >= 11 is 0. The molecular weight excluding hydrogens is 428 g/mol. The minimum atomic E-state index is -0.250. The van der Waals surface area contributed by atoms with E-state index >= 15 is 0 Å². The lowest BCUT2D eigenvalue weighted by Gasteiger charge is -2.32. The Morgan fingerprint density at radius 2 is 1.88 bits per heavy atom. The van der Waals surface area contributed by atoms with E-state index in [0.29, 0.717) is 37.6 Å². The van der Waals surface area contributed by atoms with Gasteiger partial charge in [-0.2, -0.15) is 0 Å². The molecule has 0 unspecified atom stereocenters. The van der Waals surface area contributed by atoms with Crippen molar-refractivity contribution in [1.82, 2.24) is 19.3 Å². The van der Waals surface area contributed by atoms with Crippen molar-refractivity contribution in [3.63, 3.8) is 0 Å². The van der Waals surface area contributed by atoms with Crippen LogP contribution in [0.15, 0.2) is 61.1 Å². The number of ether oxygens (including phenoxy) is 1. The Labute approximate surface area is 198 Å². The van der Waals surface area contributed by atoms with Crippen molar-refractivity contribution in [3.8, 4) is 17.0 Å². The predicted octanol–water partition coefficient (Wildman–Crippen LogP) is 4.24. The number of anilines is 2. The molecule has 2 aromatic heterocycles. The number of amidine groups is 1. The molecule has 0 amide bonds. The van der Waals surface area contributed by atoms with Gasteiger partial charge in [0, 0.05) is 42.3 Å². The van der Waals surface area contributed by atoms with E-state index in [-0.39, 0.29) is 6.10 Å². The van der Waals surface area contributed by atoms with Gasteiger partial charge in [-0.05, 0) is 67.8 Å². The van der Waals surface area contributed by atoms with E-state index in [9.17, 15) is 5.11 Å². The smallest absolute Gasteiger partial charge is 0.180 e. The van der Waals surface area contributed by atoms with Gasteiger partial charge in [-0.3, -0.25) is 9.81 Å². The zero-order valence-electron chi connectivity index (χ0n) is 19.3. The van der Waals surface area contributed by atoms with Crippen molar-refractivity contribution in [2.45, 2.75) is 25.9 Å². The average molecular weight is 457 g/mol. The van der Waals surface area contributed by atoms with Gasteiger partial charge in [-0.1, -0.05) is 0 Å². The second-order valence-corrected chi connectivity index (χ2v) is 8.56. The van der Waals surface area contributed by atoms with Crippen molar-refractivity contribution in [2.75, 3.05) is 25.5 Å². The van der Waals surface area contributed by atoms with E-state index in [0.717, 1.165) is 39.5 Å². The number of nitrogens with zero attached hydrogens (tertiary/aromatic N) is 4. The minimum Gasteiger partial charge on any atom is -0.497 e. The number of piperidine rings is 1. The van der Waals surface area contributed by atoms with Gasteiger partial charge in [0.2, 0.25) is 0 Å². The predicted molar refractivity (Wildman–Crippen MR) is 133 cm³/mol. The van der Waals surface area contributed by atoms with Crippen LogP contribution < -0.4 is 10.1 Å². The fourth-order valence-electron chi connectivity index (χ4n) is 4.39. The number of aliphatic hydroxyl groups excluding tert-OH is 1. The number of fused-ring (bicyclic) bond motifs is 1. The summed E-state index contributed by atoms with van der Waals surface area (Å²) in [6, 6.07) is 13.9. The van der Waals surface area contributed by atoms with E-state index in [1.807, 2.05) is 71.1 Å². The number of rotatable bonds is 5. The molecule has 0 bridgehead atoms. The number of aryl methyl sites for hydroxylation is 1. The monoisotopic (exact) mass is 456 g/mol. The molecule has 0 saturated carbocycles. The second-order valence-electron chi connectivity index (χ2n) is 8.56. The number of hydrogen-bond acceptors (Lipinski definition) is 6. The first-order valence-corrected chi connectivity index (χ1v) is 11.4. The molecule has 0 radical (unpaired) electrons. The molecule has 1 aliphatic heterocycles. The van der Waals surface area contributed by atoms with Crippen molar-refractivity contribution >= 4 is 23.0 Å². The highest BCUT2D eigenvalue weighted by molar-refractivity contribution is 5.98. The topological polar surface area (TPSA) is 98.8 Å². The summed E-state index contributed by atoms with van der Waals surface area (Å²) in [5.74, 6) is 1.98. The van der Waals surface area contributed by atoms with E-state index in [4.69, 9.17) is 10.1 Å². The first kappa shape index (κ1) is 21.9. The lowest BCUT2D eigenvalue weighted by Crippen LogP contribution is -2.40. The summed E-state index contributed by atoms with van der Waals surface area (Å²) in [6.07, 6.45) is 6.66. The Morgan fingerprint density at radius 3 is 2.59 bits per heavy atom. The molecule has 1 aliphatic rings. The van der Waals surface area contributed by atoms with Crippen molar-refractivity contribution in [2.24, 2.45) is 0 Å². The Bertz CT molecular complexity index is 1320. The van der Waals surface area contributed by atoms with Crippen LogP contribution in [0.2, 0.25) is 0 Å². The largest absolute Gasteiger partial charge is 0.497 e. The highest BCUT2D eigenvalue weighted by Gasteiger charge is 2.21. The third kappa shape index (κ3) is 4.20. The van der Waals surface area contributed by atoms with Crippen LogP contribution in [0, 0.1) is 12.3 Å². The molecule has 1 fully saturated rings. The van der Waals surface area contributed by atoms with Crippen LogP contribution in [-0.2, 0) is 0 Å². The highest BCUT2D eigenvalue weighted by atomic mass is 16.5. The molecule has 8 heteroatoms. The van der Waals surface area contributed by atoms with Crippen molar-refractivity contribution in [1.29, 1.82) is 5.41 Å². The Balaban J connectivity index is 1.38. The van der Waals surface area contributed by atoms with Gasteiger partial charge in [0.05, 0.1) is 25.1 Å². The summed E-state index contributed by atoms with van der Waals surface area (Å²) < 4.78 is 7.28. The normalized spacial score (nSPS) is 14.4. The van der Waals surface area contributed by atoms with Crippen LogP contribution in [0.5, 0.6) is 5.75 Å². The van der Waals surface area contributed by atoms with Gasteiger partial charge in [-0.15, -0.1) is 0 Å². The van der Waals surface area contributed by atoms with Gasteiger partial charge in [0.1, 0.15) is 11.6 Å². The third-order valence-corrected chi connectivity index (χ3v) is 6.34. The zero-order valence-corrected chi connectivity index (χ0v) is 19.3. The average Bonchev–Trinajstić information content (AvgIpc) is 3.29.